The van der Waals surface area contributed by atoms with Crippen molar-refractivity contribution >= 4 is 5.91 Å². The summed E-state index contributed by atoms with van der Waals surface area (Å²) in [6.07, 6.45) is 1.68. The number of carbonyl (C=O) groups excluding carboxylic acids is 1. The van der Waals surface area contributed by atoms with Gasteiger partial charge in [-0.05, 0) is 63.3 Å². The fourth-order valence-electron chi connectivity index (χ4n) is 5.12. The normalized spacial score (nSPS) is 15.1. The zero-order valence-corrected chi connectivity index (χ0v) is 22.1. The number of carbonyl (C=O) groups is 1. The number of rotatable bonds is 7. The summed E-state index contributed by atoms with van der Waals surface area (Å²) in [7, 11) is 0. The Labute approximate surface area is 209 Å². The molecule has 0 bridgehead atoms. The number of benzene rings is 2. The minimum Gasteiger partial charge on any atom is -0.342 e. The third-order valence-electron chi connectivity index (χ3n) is 6.85. The Hall–Kier alpha value is -2.99. The van der Waals surface area contributed by atoms with Crippen LogP contribution in [-0.4, -0.2) is 38.7 Å². The van der Waals surface area contributed by atoms with E-state index in [-0.39, 0.29) is 11.9 Å². The molecule has 0 radical (unpaired) electrons. The van der Waals surface area contributed by atoms with Gasteiger partial charge in [-0.15, -0.1) is 10.2 Å². The molecule has 2 aromatic carbocycles. The van der Waals surface area contributed by atoms with E-state index in [1.165, 1.54) is 16.7 Å². The molecule has 6 nitrogen and oxygen atoms in total. The fraction of sp³-hybridized carbons (Fsp3) is 0.483. The van der Waals surface area contributed by atoms with Crippen molar-refractivity contribution in [3.05, 3.63) is 81.4 Å². The van der Waals surface area contributed by atoms with Crippen LogP contribution in [0.3, 0.4) is 0 Å². The highest BCUT2D eigenvalue weighted by atomic mass is 16.1. The fourth-order valence-corrected chi connectivity index (χ4v) is 5.12. The van der Waals surface area contributed by atoms with Crippen molar-refractivity contribution in [2.45, 2.75) is 73.5 Å². The number of aryl methyl sites for hydroxylation is 4. The summed E-state index contributed by atoms with van der Waals surface area (Å²) in [5.41, 5.74) is 6.92. The molecule has 1 aliphatic heterocycles. The lowest BCUT2D eigenvalue weighted by Gasteiger charge is -2.23. The summed E-state index contributed by atoms with van der Waals surface area (Å²) in [4.78, 5) is 15.7. The number of fused-ring (bicyclic) bond motifs is 1. The minimum atomic E-state index is -0.171. The lowest BCUT2D eigenvalue weighted by molar-refractivity contribution is 0.0928. The van der Waals surface area contributed by atoms with Crippen molar-refractivity contribution in [3.63, 3.8) is 0 Å². The Bertz CT molecular complexity index is 1180. The van der Waals surface area contributed by atoms with Crippen molar-refractivity contribution < 1.29 is 4.79 Å². The first kappa shape index (κ1) is 25.1. The van der Waals surface area contributed by atoms with E-state index in [4.69, 9.17) is 0 Å². The Morgan fingerprint density at radius 3 is 2.37 bits per heavy atom. The molecule has 35 heavy (non-hydrogen) atoms. The van der Waals surface area contributed by atoms with E-state index in [9.17, 15) is 4.79 Å². The number of hydrogen-bond donors (Lipinski definition) is 1. The van der Waals surface area contributed by atoms with Crippen LogP contribution in [0.25, 0.3) is 0 Å². The molecule has 0 saturated carbocycles. The monoisotopic (exact) mass is 473 g/mol. The smallest absolute Gasteiger partial charge is 0.251 e. The zero-order valence-electron chi connectivity index (χ0n) is 22.1. The molecule has 1 N–H and O–H groups in total. The van der Waals surface area contributed by atoms with Gasteiger partial charge in [0, 0.05) is 38.2 Å². The highest BCUT2D eigenvalue weighted by molar-refractivity contribution is 5.94. The van der Waals surface area contributed by atoms with E-state index in [1.54, 1.807) is 0 Å². The molecule has 2 heterocycles. The van der Waals surface area contributed by atoms with Crippen molar-refractivity contribution in [1.29, 1.82) is 0 Å². The van der Waals surface area contributed by atoms with Gasteiger partial charge < -0.3 is 9.88 Å². The summed E-state index contributed by atoms with van der Waals surface area (Å²) in [5, 5.41) is 12.4. The molecule has 0 fully saturated rings. The molecular weight excluding hydrogens is 434 g/mol. The maximum absolute atomic E-state index is 13.2. The van der Waals surface area contributed by atoms with Crippen LogP contribution < -0.4 is 5.32 Å². The topological polar surface area (TPSA) is 63.1 Å². The van der Waals surface area contributed by atoms with Crippen molar-refractivity contribution in [1.82, 2.24) is 25.0 Å². The van der Waals surface area contributed by atoms with Crippen LogP contribution in [0.5, 0.6) is 0 Å². The van der Waals surface area contributed by atoms with E-state index in [2.05, 4.69) is 76.9 Å². The second kappa shape index (κ2) is 10.7. The largest absolute Gasteiger partial charge is 0.342 e. The Balaban J connectivity index is 1.51. The van der Waals surface area contributed by atoms with Gasteiger partial charge in [-0.25, -0.2) is 0 Å². The average Bonchev–Trinajstić information content (AvgIpc) is 3.08. The Kier molecular flexibility index (Phi) is 7.70. The standard InChI is InChI=1S/C29H39N5O/c1-19(2)13-26(30-29(35)25-16-21(4)14-22(5)17-25)28-32-31-27-9-10-33(11-12-34(27)28)18-24-8-7-20(3)15-23(24)6/h7-8,14-17,19,26H,9-13,18H2,1-6H3,(H,30,35). The maximum atomic E-state index is 13.2. The van der Waals surface area contributed by atoms with E-state index in [0.29, 0.717) is 11.5 Å². The predicted molar refractivity (Wildman–Crippen MR) is 140 cm³/mol. The van der Waals surface area contributed by atoms with E-state index < -0.39 is 0 Å². The molecule has 0 spiro atoms. The van der Waals surface area contributed by atoms with Gasteiger partial charge in [0.05, 0.1) is 6.04 Å². The molecular formula is C29H39N5O. The third kappa shape index (κ3) is 6.17. The molecule has 186 valence electrons. The van der Waals surface area contributed by atoms with Crippen LogP contribution >= 0.6 is 0 Å². The number of aromatic nitrogens is 3. The third-order valence-corrected chi connectivity index (χ3v) is 6.85. The van der Waals surface area contributed by atoms with Gasteiger partial charge >= 0.3 is 0 Å². The average molecular weight is 474 g/mol. The molecule has 1 atom stereocenters. The number of amides is 1. The number of hydrogen-bond acceptors (Lipinski definition) is 4. The summed E-state index contributed by atoms with van der Waals surface area (Å²) < 4.78 is 2.25. The van der Waals surface area contributed by atoms with Crippen molar-refractivity contribution in [2.24, 2.45) is 5.92 Å². The van der Waals surface area contributed by atoms with E-state index in [0.717, 1.165) is 61.8 Å². The van der Waals surface area contributed by atoms with E-state index in [1.807, 2.05) is 26.0 Å². The summed E-state index contributed by atoms with van der Waals surface area (Å²) >= 11 is 0. The second-order valence-corrected chi connectivity index (χ2v) is 10.6. The molecule has 1 aromatic heterocycles. The zero-order chi connectivity index (χ0) is 25.1. The van der Waals surface area contributed by atoms with E-state index >= 15 is 0 Å². The van der Waals surface area contributed by atoms with Gasteiger partial charge in [-0.1, -0.05) is 54.8 Å². The molecule has 0 aliphatic carbocycles. The first-order valence-electron chi connectivity index (χ1n) is 12.8. The quantitative estimate of drug-likeness (QED) is 0.519. The van der Waals surface area contributed by atoms with Gasteiger partial charge in [-0.2, -0.15) is 0 Å². The van der Waals surface area contributed by atoms with Gasteiger partial charge in [0.25, 0.3) is 5.91 Å². The van der Waals surface area contributed by atoms with Crippen molar-refractivity contribution in [3.8, 4) is 0 Å². The minimum absolute atomic E-state index is 0.0510. The summed E-state index contributed by atoms with van der Waals surface area (Å²) in [5.74, 6) is 2.25. The van der Waals surface area contributed by atoms with Crippen LogP contribution in [0.2, 0.25) is 0 Å². The SMILES string of the molecule is Cc1cc(C)cc(C(=O)NC(CC(C)C)c2nnc3n2CCN(Cc2ccc(C)cc2C)CC3)c1. The van der Waals surface area contributed by atoms with Crippen LogP contribution in [0.1, 0.15) is 76.1 Å². The Morgan fingerprint density at radius 2 is 1.69 bits per heavy atom. The van der Waals surface area contributed by atoms with Gasteiger partial charge in [0.1, 0.15) is 5.82 Å². The van der Waals surface area contributed by atoms with Crippen molar-refractivity contribution in [2.75, 3.05) is 13.1 Å². The summed E-state index contributed by atoms with van der Waals surface area (Å²) in [6.45, 7) is 16.4. The number of nitrogens with zero attached hydrogens (tertiary/aromatic N) is 4. The molecule has 3 aromatic rings. The van der Waals surface area contributed by atoms with Crippen LogP contribution in [0.15, 0.2) is 36.4 Å². The second-order valence-electron chi connectivity index (χ2n) is 10.6. The van der Waals surface area contributed by atoms with Gasteiger partial charge in [0.2, 0.25) is 0 Å². The highest BCUT2D eigenvalue weighted by Crippen LogP contribution is 2.24. The lowest BCUT2D eigenvalue weighted by Crippen LogP contribution is -2.32. The van der Waals surface area contributed by atoms with Crippen LogP contribution in [-0.2, 0) is 19.5 Å². The molecule has 1 aliphatic rings. The number of nitrogens with one attached hydrogen (secondary N) is 1. The highest BCUT2D eigenvalue weighted by Gasteiger charge is 2.26. The molecule has 1 unspecified atom stereocenters. The molecule has 0 saturated heterocycles. The predicted octanol–water partition coefficient (Wildman–Crippen LogP) is 5.09. The maximum Gasteiger partial charge on any atom is 0.251 e. The van der Waals surface area contributed by atoms with Crippen LogP contribution in [0, 0.1) is 33.6 Å². The first-order valence-corrected chi connectivity index (χ1v) is 12.8. The summed E-state index contributed by atoms with van der Waals surface area (Å²) in [6, 6.07) is 12.5. The van der Waals surface area contributed by atoms with Crippen LogP contribution in [0.4, 0.5) is 0 Å². The lowest BCUT2D eigenvalue weighted by atomic mass is 10.0. The molecule has 4 rings (SSSR count). The molecule has 1 amide bonds. The van der Waals surface area contributed by atoms with Gasteiger partial charge in [0.15, 0.2) is 5.82 Å². The van der Waals surface area contributed by atoms with Gasteiger partial charge in [-0.3, -0.25) is 9.69 Å². The Morgan fingerprint density at radius 1 is 0.943 bits per heavy atom. The first-order chi connectivity index (χ1) is 16.7. The molecule has 6 heteroatoms.